The molecule has 2 bridgehead atoms. The molecule has 6 atom stereocenters. The SMILES string of the molecule is COCOc1cc(C2C3CC(O)C2N(c2nc(OC[C@@]45CCCN4C[C@H](F)C5)nc4c(F)cnc(C)c24)C3)c2c(C#C[Si](C(C)C)(C(C)C)C(C)C)c(F)ccc2c1. The number of aryl methyl sites for hydroxylation is 1. The summed E-state index contributed by atoms with van der Waals surface area (Å²) < 4.78 is 64.4. The van der Waals surface area contributed by atoms with Crippen molar-refractivity contribution in [2.24, 2.45) is 5.92 Å². The van der Waals surface area contributed by atoms with E-state index < -0.39 is 43.6 Å². The second kappa shape index (κ2) is 15.6. The summed E-state index contributed by atoms with van der Waals surface area (Å²) in [4.78, 5) is 18.1. The summed E-state index contributed by atoms with van der Waals surface area (Å²) in [5, 5.41) is 13.8. The van der Waals surface area contributed by atoms with Crippen molar-refractivity contribution >= 4 is 35.6 Å². The summed E-state index contributed by atoms with van der Waals surface area (Å²) in [6, 6.07) is 6.56. The number of hydrogen-bond donors (Lipinski definition) is 1. The van der Waals surface area contributed by atoms with Crippen molar-refractivity contribution in [3.05, 3.63) is 58.9 Å². The van der Waals surface area contributed by atoms with Crippen molar-refractivity contribution in [1.29, 1.82) is 0 Å². The predicted molar refractivity (Wildman–Crippen MR) is 223 cm³/mol. The highest BCUT2D eigenvalue weighted by Crippen LogP contribution is 2.54. The van der Waals surface area contributed by atoms with Gasteiger partial charge in [-0.2, -0.15) is 9.97 Å². The maximum atomic E-state index is 16.4. The Morgan fingerprint density at radius 3 is 2.48 bits per heavy atom. The van der Waals surface area contributed by atoms with Gasteiger partial charge in [0, 0.05) is 37.9 Å². The predicted octanol–water partition coefficient (Wildman–Crippen LogP) is 8.63. The van der Waals surface area contributed by atoms with Crippen molar-refractivity contribution < 1.29 is 32.5 Å². The van der Waals surface area contributed by atoms with E-state index in [-0.39, 0.29) is 36.8 Å². The number of hydrogen-bond acceptors (Lipinski definition) is 9. The molecule has 4 fully saturated rings. The molecule has 310 valence electrons. The van der Waals surface area contributed by atoms with Crippen LogP contribution in [0.3, 0.4) is 0 Å². The van der Waals surface area contributed by atoms with Gasteiger partial charge >= 0.3 is 6.01 Å². The van der Waals surface area contributed by atoms with E-state index in [1.165, 1.54) is 6.07 Å². The molecule has 2 aromatic heterocycles. The van der Waals surface area contributed by atoms with Gasteiger partial charge in [0.15, 0.2) is 12.6 Å². The molecule has 0 radical (unpaired) electrons. The Morgan fingerprint density at radius 2 is 1.76 bits per heavy atom. The molecular weight excluding hydrogens is 760 g/mol. The Bertz CT molecular complexity index is 2260. The topological polar surface area (TPSA) is 93.1 Å². The lowest BCUT2D eigenvalue weighted by Crippen LogP contribution is -2.44. The third kappa shape index (κ3) is 6.72. The Labute approximate surface area is 340 Å². The van der Waals surface area contributed by atoms with Crippen LogP contribution in [-0.4, -0.2) is 97.0 Å². The van der Waals surface area contributed by atoms with E-state index in [0.29, 0.717) is 76.2 Å². The van der Waals surface area contributed by atoms with E-state index in [2.05, 4.69) is 67.9 Å². The number of methoxy groups -OCH3 is 1. The first-order valence-electron chi connectivity index (χ1n) is 20.9. The average molecular weight is 816 g/mol. The number of halogens is 3. The molecule has 3 aliphatic heterocycles. The zero-order valence-corrected chi connectivity index (χ0v) is 35.9. The lowest BCUT2D eigenvalue weighted by molar-refractivity contribution is 0.0511. The van der Waals surface area contributed by atoms with Crippen LogP contribution in [0.4, 0.5) is 19.0 Å². The fourth-order valence-corrected chi connectivity index (χ4v) is 16.7. The number of benzene rings is 2. The minimum absolute atomic E-state index is 0.00232. The highest BCUT2D eigenvalue weighted by molar-refractivity contribution is 6.90. The van der Waals surface area contributed by atoms with Crippen molar-refractivity contribution in [2.45, 2.75) is 121 Å². The van der Waals surface area contributed by atoms with E-state index in [1.54, 1.807) is 20.1 Å². The molecule has 1 aliphatic carbocycles. The molecule has 1 N–H and O–H groups in total. The van der Waals surface area contributed by atoms with Crippen LogP contribution in [0.2, 0.25) is 16.6 Å². The fourth-order valence-electron chi connectivity index (χ4n) is 11.5. The van der Waals surface area contributed by atoms with Crippen LogP contribution in [0, 0.1) is 35.9 Å². The number of alkyl halides is 1. The molecule has 4 aromatic rings. The number of nitrogens with zero attached hydrogens (tertiary/aromatic N) is 5. The molecule has 58 heavy (non-hydrogen) atoms. The minimum Gasteiger partial charge on any atom is -0.468 e. The Kier molecular flexibility index (Phi) is 11.0. The van der Waals surface area contributed by atoms with Crippen molar-refractivity contribution in [2.75, 3.05) is 45.0 Å². The quantitative estimate of drug-likeness (QED) is 0.0908. The van der Waals surface area contributed by atoms with Crippen molar-refractivity contribution in [1.82, 2.24) is 19.9 Å². The lowest BCUT2D eigenvalue weighted by Gasteiger charge is -2.38. The first kappa shape index (κ1) is 40.8. The van der Waals surface area contributed by atoms with Crippen LogP contribution in [-0.2, 0) is 4.74 Å². The van der Waals surface area contributed by atoms with Gasteiger partial charge in [-0.15, -0.1) is 5.54 Å². The van der Waals surface area contributed by atoms with Crippen LogP contribution in [0.5, 0.6) is 11.8 Å². The molecule has 8 rings (SSSR count). The highest BCUT2D eigenvalue weighted by atomic mass is 28.3. The van der Waals surface area contributed by atoms with Gasteiger partial charge in [-0.05, 0) is 84.4 Å². The summed E-state index contributed by atoms with van der Waals surface area (Å²) in [6.07, 6.45) is 2.08. The summed E-state index contributed by atoms with van der Waals surface area (Å²) in [6.45, 7) is 17.1. The molecule has 4 unspecified atom stereocenters. The third-order valence-electron chi connectivity index (χ3n) is 14.0. The lowest BCUT2D eigenvalue weighted by atomic mass is 9.84. The van der Waals surface area contributed by atoms with E-state index in [9.17, 15) is 9.50 Å². The maximum Gasteiger partial charge on any atom is 0.319 e. The molecule has 9 nitrogen and oxygen atoms in total. The minimum atomic E-state index is -2.25. The molecule has 4 aliphatic rings. The number of aromatic nitrogens is 3. The second-order valence-corrected chi connectivity index (χ2v) is 23.7. The molecule has 1 saturated carbocycles. The standard InChI is InChI=1S/C45H56F3N5O4Si/c1-25(2)58(26(3)4,27(5)6)15-12-33-35(47)11-10-29-16-32(57-24-55-8)18-34(39(29)33)40-30-17-37(54)42(40)53(21-30)43-38-28(7)49-20-36(48)41(38)50-44(51-43)56-23-45-13-9-14-52(45)22-31(46)19-45/h10-11,16,18,20,25-27,30-31,37,40,42,54H,9,13-14,17,19,21-24H2,1-8H3/t30?,31-,37?,40?,42?,45+/m1/s1. The molecule has 0 spiro atoms. The van der Waals surface area contributed by atoms with E-state index in [4.69, 9.17) is 19.2 Å². The van der Waals surface area contributed by atoms with Crippen molar-refractivity contribution in [3.8, 4) is 23.2 Å². The van der Waals surface area contributed by atoms with Gasteiger partial charge < -0.3 is 24.2 Å². The van der Waals surface area contributed by atoms with E-state index in [1.807, 2.05) is 17.0 Å². The number of aliphatic hydroxyl groups is 1. The van der Waals surface area contributed by atoms with Gasteiger partial charge in [0.25, 0.3) is 0 Å². The van der Waals surface area contributed by atoms with Gasteiger partial charge in [0.1, 0.15) is 43.8 Å². The Balaban J connectivity index is 1.27. The number of ether oxygens (including phenoxy) is 3. The largest absolute Gasteiger partial charge is 0.468 e. The number of fused-ring (bicyclic) bond motifs is 5. The summed E-state index contributed by atoms with van der Waals surface area (Å²) in [7, 11) is -0.689. The van der Waals surface area contributed by atoms with Crippen LogP contribution < -0.4 is 14.4 Å². The first-order valence-corrected chi connectivity index (χ1v) is 23.1. The van der Waals surface area contributed by atoms with Crippen LogP contribution in [0.1, 0.15) is 90.0 Å². The molecular formula is C45H56F3N5O4Si. The molecule has 2 aromatic carbocycles. The summed E-state index contributed by atoms with van der Waals surface area (Å²) in [5.41, 5.74) is 6.17. The van der Waals surface area contributed by atoms with Gasteiger partial charge in [-0.3, -0.25) is 9.88 Å². The molecule has 13 heteroatoms. The van der Waals surface area contributed by atoms with Crippen LogP contribution >= 0.6 is 0 Å². The van der Waals surface area contributed by atoms with Gasteiger partial charge in [0.2, 0.25) is 0 Å². The molecule has 5 heterocycles. The maximum absolute atomic E-state index is 16.4. The summed E-state index contributed by atoms with van der Waals surface area (Å²) >= 11 is 0. The molecule has 0 amide bonds. The highest BCUT2D eigenvalue weighted by Gasteiger charge is 2.55. The Morgan fingerprint density at radius 1 is 1.00 bits per heavy atom. The van der Waals surface area contributed by atoms with Crippen molar-refractivity contribution in [3.63, 3.8) is 0 Å². The van der Waals surface area contributed by atoms with Crippen LogP contribution in [0.15, 0.2) is 30.5 Å². The first-order chi connectivity index (χ1) is 27.7. The van der Waals surface area contributed by atoms with Crippen LogP contribution in [0.25, 0.3) is 21.7 Å². The van der Waals surface area contributed by atoms with Gasteiger partial charge in [-0.1, -0.05) is 53.5 Å². The fraction of sp³-hybridized carbons (Fsp3) is 0.578. The summed E-state index contributed by atoms with van der Waals surface area (Å²) in [5.74, 6) is 3.05. The number of aliphatic hydroxyl groups excluding tert-OH is 1. The normalized spacial score (nSPS) is 25.8. The second-order valence-electron chi connectivity index (χ2n) is 18.1. The average Bonchev–Trinajstić information content (AvgIpc) is 3.91. The van der Waals surface area contributed by atoms with Gasteiger partial charge in [-0.25, -0.2) is 13.2 Å². The number of pyridine rings is 1. The number of anilines is 1. The van der Waals surface area contributed by atoms with Gasteiger partial charge in [0.05, 0.1) is 40.5 Å². The smallest absolute Gasteiger partial charge is 0.319 e. The Hall–Kier alpha value is -3.96. The van der Waals surface area contributed by atoms with E-state index >= 15 is 8.78 Å². The third-order valence-corrected chi connectivity index (χ3v) is 20.3. The zero-order chi connectivity index (χ0) is 41.3. The number of piperidine rings is 1. The van der Waals surface area contributed by atoms with E-state index in [0.717, 1.165) is 36.5 Å². The zero-order valence-electron chi connectivity index (χ0n) is 34.9. The molecule has 3 saturated heterocycles. The number of rotatable bonds is 11. The monoisotopic (exact) mass is 815 g/mol.